The highest BCUT2D eigenvalue weighted by Crippen LogP contribution is 2.51. The van der Waals surface area contributed by atoms with Crippen molar-refractivity contribution in [2.24, 2.45) is 5.92 Å². The molecule has 0 unspecified atom stereocenters. The second-order valence-corrected chi connectivity index (χ2v) is 7.41. The van der Waals surface area contributed by atoms with Gasteiger partial charge in [0.05, 0.1) is 16.7 Å². The largest absolute Gasteiger partial charge is 0.377 e. The van der Waals surface area contributed by atoms with Crippen LogP contribution in [0.15, 0.2) is 53.0 Å². The monoisotopic (exact) mass is 404 g/mol. The molecule has 3 atom stereocenters. The lowest BCUT2D eigenvalue weighted by molar-refractivity contribution is -0.384. The summed E-state index contributed by atoms with van der Waals surface area (Å²) < 4.78 is 1.01. The fourth-order valence-corrected chi connectivity index (χ4v) is 4.46. The number of hydrogen-bond donors (Lipinski definition) is 1. The van der Waals surface area contributed by atoms with Gasteiger partial charge in [-0.15, -0.1) is 0 Å². The van der Waals surface area contributed by atoms with Crippen molar-refractivity contribution in [1.82, 2.24) is 0 Å². The Morgan fingerprint density at radius 1 is 1.29 bits per heavy atom. The number of benzene rings is 2. The third kappa shape index (κ3) is 2.43. The van der Waals surface area contributed by atoms with Crippen LogP contribution >= 0.6 is 27.5 Å². The molecule has 4 nitrogen and oxygen atoms in total. The number of hydrogen-bond acceptors (Lipinski definition) is 3. The Bertz CT molecular complexity index is 868. The minimum Gasteiger partial charge on any atom is -0.377 e. The molecule has 2 aliphatic rings. The molecule has 2 aromatic carbocycles. The Morgan fingerprint density at radius 2 is 2.12 bits per heavy atom. The highest BCUT2D eigenvalue weighted by molar-refractivity contribution is 9.10. The van der Waals surface area contributed by atoms with Gasteiger partial charge in [0, 0.05) is 16.5 Å². The van der Waals surface area contributed by atoms with Crippen molar-refractivity contribution in [3.63, 3.8) is 0 Å². The average Bonchev–Trinajstić information content (AvgIpc) is 3.05. The zero-order chi connectivity index (χ0) is 16.8. The van der Waals surface area contributed by atoms with Crippen LogP contribution in [0.25, 0.3) is 0 Å². The van der Waals surface area contributed by atoms with Gasteiger partial charge in [-0.25, -0.2) is 0 Å². The Labute approximate surface area is 152 Å². The Morgan fingerprint density at radius 3 is 2.92 bits per heavy atom. The minimum atomic E-state index is -0.428. The summed E-state index contributed by atoms with van der Waals surface area (Å²) in [5.41, 5.74) is 3.18. The first-order chi connectivity index (χ1) is 11.6. The molecule has 0 saturated heterocycles. The zero-order valence-electron chi connectivity index (χ0n) is 12.6. The van der Waals surface area contributed by atoms with Gasteiger partial charge < -0.3 is 5.32 Å². The molecule has 4 rings (SSSR count). The van der Waals surface area contributed by atoms with Crippen molar-refractivity contribution in [1.29, 1.82) is 0 Å². The van der Waals surface area contributed by atoms with E-state index >= 15 is 0 Å². The molecule has 1 N–H and O–H groups in total. The van der Waals surface area contributed by atoms with E-state index in [0.717, 1.165) is 22.1 Å². The van der Waals surface area contributed by atoms with Gasteiger partial charge >= 0.3 is 0 Å². The van der Waals surface area contributed by atoms with Crippen molar-refractivity contribution in [3.8, 4) is 0 Å². The first-order valence-corrected chi connectivity index (χ1v) is 8.89. The average molecular weight is 406 g/mol. The lowest BCUT2D eigenvalue weighted by Gasteiger charge is -2.38. The summed E-state index contributed by atoms with van der Waals surface area (Å²) in [5.74, 6) is 0.658. The molecule has 1 heterocycles. The molecule has 0 spiro atoms. The molecule has 6 heteroatoms. The number of nitrogens with one attached hydrogen (secondary N) is 1. The molecule has 0 saturated carbocycles. The van der Waals surface area contributed by atoms with Crippen LogP contribution < -0.4 is 5.32 Å². The molecular weight excluding hydrogens is 392 g/mol. The van der Waals surface area contributed by atoms with Gasteiger partial charge in [0.1, 0.15) is 5.02 Å². The number of para-hydroxylation sites is 1. The molecule has 0 radical (unpaired) electrons. The van der Waals surface area contributed by atoms with Crippen LogP contribution in [0.1, 0.15) is 29.5 Å². The van der Waals surface area contributed by atoms with Crippen molar-refractivity contribution >= 4 is 38.9 Å². The summed E-state index contributed by atoms with van der Waals surface area (Å²) in [6.45, 7) is 0. The first kappa shape index (κ1) is 15.7. The quantitative estimate of drug-likeness (QED) is 0.388. The third-order valence-corrected chi connectivity index (χ3v) is 5.85. The number of nitro groups is 1. The maximum atomic E-state index is 11.2. The van der Waals surface area contributed by atoms with Crippen LogP contribution in [-0.2, 0) is 0 Å². The Balaban J connectivity index is 1.81. The maximum absolute atomic E-state index is 11.2. The number of fused-ring (bicyclic) bond motifs is 3. The summed E-state index contributed by atoms with van der Waals surface area (Å²) in [5, 5.41) is 15.0. The van der Waals surface area contributed by atoms with Crippen LogP contribution in [0, 0.1) is 16.0 Å². The number of nitrogens with zero attached hydrogens (tertiary/aromatic N) is 1. The molecule has 0 bridgehead atoms. The lowest BCUT2D eigenvalue weighted by Crippen LogP contribution is -2.29. The van der Waals surface area contributed by atoms with Crippen molar-refractivity contribution in [2.45, 2.75) is 18.4 Å². The first-order valence-electron chi connectivity index (χ1n) is 7.71. The van der Waals surface area contributed by atoms with Gasteiger partial charge in [0.25, 0.3) is 5.69 Å². The summed E-state index contributed by atoms with van der Waals surface area (Å²) in [4.78, 5) is 10.8. The van der Waals surface area contributed by atoms with Crippen molar-refractivity contribution in [2.75, 3.05) is 5.32 Å². The van der Waals surface area contributed by atoms with E-state index in [0.29, 0.717) is 11.8 Å². The number of anilines is 1. The smallest absolute Gasteiger partial charge is 0.288 e. The molecule has 0 fully saturated rings. The van der Waals surface area contributed by atoms with E-state index in [1.807, 2.05) is 18.2 Å². The van der Waals surface area contributed by atoms with E-state index in [2.05, 4.69) is 39.5 Å². The normalized spacial score (nSPS) is 24.2. The van der Waals surface area contributed by atoms with E-state index < -0.39 is 4.92 Å². The van der Waals surface area contributed by atoms with Crippen LogP contribution in [0.2, 0.25) is 5.02 Å². The molecule has 1 aliphatic carbocycles. The fraction of sp³-hybridized carbons (Fsp3) is 0.222. The summed E-state index contributed by atoms with van der Waals surface area (Å²) in [6, 6.07) is 11.3. The van der Waals surface area contributed by atoms with E-state index in [-0.39, 0.29) is 16.8 Å². The van der Waals surface area contributed by atoms with E-state index in [4.69, 9.17) is 11.6 Å². The van der Waals surface area contributed by atoms with E-state index in [9.17, 15) is 10.1 Å². The zero-order valence-corrected chi connectivity index (χ0v) is 14.9. The molecule has 24 heavy (non-hydrogen) atoms. The molecule has 2 aromatic rings. The topological polar surface area (TPSA) is 55.2 Å². The van der Waals surface area contributed by atoms with E-state index in [1.165, 1.54) is 5.56 Å². The van der Waals surface area contributed by atoms with Gasteiger partial charge in [0.15, 0.2) is 0 Å². The standard InChI is InChI=1S/C18H14BrClN2O2/c19-14-6-2-5-13-11-3-1-4-12(11)17(21-18(13)14)10-7-8-15(20)16(9-10)22(23)24/h1-3,5-9,11-12,17,21H,4H2/t11-,12+,17+/m1/s1. The third-order valence-electron chi connectivity index (χ3n) is 4.87. The summed E-state index contributed by atoms with van der Waals surface area (Å²) in [6.07, 6.45) is 5.39. The van der Waals surface area contributed by atoms with Crippen LogP contribution in [0.5, 0.6) is 0 Å². The van der Waals surface area contributed by atoms with Gasteiger partial charge in [-0.2, -0.15) is 0 Å². The summed E-state index contributed by atoms with van der Waals surface area (Å²) >= 11 is 9.58. The fourth-order valence-electron chi connectivity index (χ4n) is 3.78. The van der Waals surface area contributed by atoms with Gasteiger partial charge in [0.2, 0.25) is 0 Å². The number of halogens is 2. The molecule has 122 valence electrons. The highest BCUT2D eigenvalue weighted by atomic mass is 79.9. The Hall–Kier alpha value is -1.85. The second kappa shape index (κ2) is 5.90. The predicted molar refractivity (Wildman–Crippen MR) is 98.6 cm³/mol. The second-order valence-electron chi connectivity index (χ2n) is 6.15. The van der Waals surface area contributed by atoms with E-state index in [1.54, 1.807) is 12.1 Å². The number of allylic oxidation sites excluding steroid dienone is 2. The van der Waals surface area contributed by atoms with Gasteiger partial charge in [-0.1, -0.05) is 42.0 Å². The van der Waals surface area contributed by atoms with Crippen LogP contribution in [0.3, 0.4) is 0 Å². The van der Waals surface area contributed by atoms with Gasteiger partial charge in [-0.3, -0.25) is 10.1 Å². The van der Waals surface area contributed by atoms with Crippen LogP contribution in [-0.4, -0.2) is 4.92 Å². The highest BCUT2D eigenvalue weighted by Gasteiger charge is 2.39. The minimum absolute atomic E-state index is 0.00664. The summed E-state index contributed by atoms with van der Waals surface area (Å²) in [7, 11) is 0. The van der Waals surface area contributed by atoms with Crippen molar-refractivity contribution in [3.05, 3.63) is 79.3 Å². The SMILES string of the molecule is O=[N+]([O-])c1cc([C@@H]2Nc3c(Br)cccc3[C@@H]3C=CC[C@@H]32)ccc1Cl. The van der Waals surface area contributed by atoms with Gasteiger partial charge in [-0.05, 0) is 51.5 Å². The Kier molecular flexibility index (Phi) is 3.85. The molecule has 0 aromatic heterocycles. The molecule has 1 aliphatic heterocycles. The van der Waals surface area contributed by atoms with Crippen LogP contribution in [0.4, 0.5) is 11.4 Å². The predicted octanol–water partition coefficient (Wildman–Crippen LogP) is 5.84. The lowest BCUT2D eigenvalue weighted by atomic mass is 9.77. The molecular formula is C18H14BrClN2O2. The van der Waals surface area contributed by atoms with Crippen molar-refractivity contribution < 1.29 is 4.92 Å². The number of rotatable bonds is 2. The number of nitro benzene ring substituents is 1. The maximum Gasteiger partial charge on any atom is 0.288 e. The molecule has 0 amide bonds.